The second-order valence-corrected chi connectivity index (χ2v) is 4.48. The van der Waals surface area contributed by atoms with Crippen molar-refractivity contribution in [3.63, 3.8) is 0 Å². The van der Waals surface area contributed by atoms with E-state index in [9.17, 15) is 0 Å². The van der Waals surface area contributed by atoms with E-state index >= 15 is 0 Å². The third kappa shape index (κ3) is 0.700. The molecule has 0 radical (unpaired) electrons. The van der Waals surface area contributed by atoms with Crippen molar-refractivity contribution in [3.8, 4) is 0 Å². The molecule has 40 valence electrons. The van der Waals surface area contributed by atoms with E-state index < -0.39 is 0 Å². The highest BCUT2D eigenvalue weighted by Crippen LogP contribution is 2.56. The Morgan fingerprint density at radius 1 is 1.00 bits per heavy atom. The fraction of sp³-hybridized carbons (Fsp3) is 1.00. The molecule has 2 rings (SSSR count). The largest absolute Gasteiger partial charge is 0.114 e. The highest BCUT2D eigenvalue weighted by Gasteiger charge is 2.37. The molecule has 2 unspecified atom stereocenters. The molecule has 0 aromatic heterocycles. The van der Waals surface area contributed by atoms with Crippen molar-refractivity contribution in [1.29, 1.82) is 0 Å². The molecule has 0 amide bonds. The lowest BCUT2D eigenvalue weighted by atomic mass is 10.0. The lowest BCUT2D eigenvalue weighted by Gasteiger charge is -2.04. The first kappa shape index (κ1) is 4.32. The van der Waals surface area contributed by atoms with Crippen molar-refractivity contribution in [2.75, 3.05) is 0 Å². The van der Waals surface area contributed by atoms with Gasteiger partial charge in [0.1, 0.15) is 0 Å². The Bertz CT molecular complexity index is 70.2. The van der Waals surface area contributed by atoms with Gasteiger partial charge in [0.2, 0.25) is 0 Å². The van der Waals surface area contributed by atoms with Crippen molar-refractivity contribution >= 4 is 8.58 Å². The maximum absolute atomic E-state index is 1.57. The van der Waals surface area contributed by atoms with Crippen molar-refractivity contribution in [2.45, 2.75) is 37.0 Å². The average molecular weight is 114 g/mol. The molecule has 1 heteroatoms. The van der Waals surface area contributed by atoms with Gasteiger partial charge in [0.25, 0.3) is 0 Å². The highest BCUT2D eigenvalue weighted by atomic mass is 31.1. The van der Waals surface area contributed by atoms with Crippen LogP contribution < -0.4 is 0 Å². The molecule has 2 fully saturated rings. The number of fused-ring (bicyclic) bond motifs is 1. The van der Waals surface area contributed by atoms with Crippen LogP contribution in [0.1, 0.15) is 25.7 Å². The van der Waals surface area contributed by atoms with Crippen LogP contribution in [0.2, 0.25) is 0 Å². The summed E-state index contributed by atoms with van der Waals surface area (Å²) < 4.78 is 0. The molecule has 0 aromatic rings. The standard InChI is InChI=1S/C6H11P/c1-2-4-6-5(3-1)7-6/h5-7H,1-4H2. The molecular weight excluding hydrogens is 103 g/mol. The van der Waals surface area contributed by atoms with E-state index in [-0.39, 0.29) is 0 Å². The topological polar surface area (TPSA) is 0 Å². The Morgan fingerprint density at radius 3 is 2.00 bits per heavy atom. The average Bonchev–Trinajstić information content (AvgIpc) is 2.41. The van der Waals surface area contributed by atoms with E-state index in [1.165, 1.54) is 32.7 Å². The Kier molecular flexibility index (Phi) is 0.896. The lowest BCUT2D eigenvalue weighted by molar-refractivity contribution is 0.571. The van der Waals surface area contributed by atoms with Gasteiger partial charge in [-0.25, -0.2) is 0 Å². The molecule has 2 aliphatic rings. The van der Waals surface area contributed by atoms with Crippen LogP contribution in [0.4, 0.5) is 0 Å². The van der Waals surface area contributed by atoms with Crippen LogP contribution in [0.3, 0.4) is 0 Å². The second kappa shape index (κ2) is 1.45. The van der Waals surface area contributed by atoms with Gasteiger partial charge in [0.05, 0.1) is 0 Å². The van der Waals surface area contributed by atoms with Gasteiger partial charge in [-0.15, -0.1) is 8.58 Å². The third-order valence-electron chi connectivity index (χ3n) is 2.08. The maximum atomic E-state index is 1.57. The fourth-order valence-corrected chi connectivity index (χ4v) is 3.03. The zero-order valence-corrected chi connectivity index (χ0v) is 5.48. The van der Waals surface area contributed by atoms with Crippen LogP contribution in [0.25, 0.3) is 0 Å². The van der Waals surface area contributed by atoms with E-state index in [4.69, 9.17) is 0 Å². The molecule has 1 saturated heterocycles. The van der Waals surface area contributed by atoms with Crippen molar-refractivity contribution in [1.82, 2.24) is 0 Å². The van der Waals surface area contributed by atoms with Crippen LogP contribution in [0.15, 0.2) is 0 Å². The smallest absolute Gasteiger partial charge is 0.0168 e. The minimum Gasteiger partial charge on any atom is -0.114 e. The predicted molar refractivity (Wildman–Crippen MR) is 34.4 cm³/mol. The number of hydrogen-bond donors (Lipinski definition) is 0. The molecule has 0 aromatic carbocycles. The highest BCUT2D eigenvalue weighted by molar-refractivity contribution is 7.48. The molecule has 1 aliphatic heterocycles. The minimum atomic E-state index is 1.23. The van der Waals surface area contributed by atoms with Crippen LogP contribution in [-0.2, 0) is 0 Å². The summed E-state index contributed by atoms with van der Waals surface area (Å²) in [4.78, 5) is 0. The van der Waals surface area contributed by atoms with Gasteiger partial charge in [-0.1, -0.05) is 12.8 Å². The molecular formula is C6H11P. The van der Waals surface area contributed by atoms with Gasteiger partial charge >= 0.3 is 0 Å². The summed E-state index contributed by atoms with van der Waals surface area (Å²) in [6.45, 7) is 0. The molecule has 1 aliphatic carbocycles. The van der Waals surface area contributed by atoms with E-state index in [0.29, 0.717) is 0 Å². The van der Waals surface area contributed by atoms with Crippen LogP contribution in [0.5, 0.6) is 0 Å². The van der Waals surface area contributed by atoms with E-state index in [1.54, 1.807) is 12.8 Å². The zero-order valence-electron chi connectivity index (χ0n) is 4.48. The summed E-state index contributed by atoms with van der Waals surface area (Å²) in [5.41, 5.74) is 2.46. The first-order valence-corrected chi connectivity index (χ1v) is 4.38. The summed E-state index contributed by atoms with van der Waals surface area (Å²) in [5, 5.41) is 0. The predicted octanol–water partition coefficient (Wildman–Crippen LogP) is 1.99. The summed E-state index contributed by atoms with van der Waals surface area (Å²) in [6, 6.07) is 0. The summed E-state index contributed by atoms with van der Waals surface area (Å²) >= 11 is 0. The van der Waals surface area contributed by atoms with Gasteiger partial charge in [0, 0.05) is 0 Å². The molecule has 7 heavy (non-hydrogen) atoms. The van der Waals surface area contributed by atoms with Crippen molar-refractivity contribution in [2.24, 2.45) is 0 Å². The minimum absolute atomic E-state index is 1.23. The Labute approximate surface area is 46.5 Å². The first-order valence-electron chi connectivity index (χ1n) is 3.23. The van der Waals surface area contributed by atoms with Crippen LogP contribution in [-0.4, -0.2) is 11.3 Å². The molecule has 2 atom stereocenters. The first-order chi connectivity index (χ1) is 3.47. The fourth-order valence-electron chi connectivity index (χ4n) is 1.52. The number of rotatable bonds is 0. The van der Waals surface area contributed by atoms with E-state index in [2.05, 4.69) is 0 Å². The number of hydrogen-bond acceptors (Lipinski definition) is 0. The van der Waals surface area contributed by atoms with Crippen LogP contribution in [0, 0.1) is 0 Å². The zero-order chi connectivity index (χ0) is 4.69. The van der Waals surface area contributed by atoms with Gasteiger partial charge in [0.15, 0.2) is 0 Å². The lowest BCUT2D eigenvalue weighted by Crippen LogP contribution is -2.00. The quantitative estimate of drug-likeness (QED) is 0.422. The summed E-state index contributed by atoms with van der Waals surface area (Å²) in [7, 11) is 1.38. The van der Waals surface area contributed by atoms with Crippen molar-refractivity contribution in [3.05, 3.63) is 0 Å². The maximum Gasteiger partial charge on any atom is -0.0168 e. The Hall–Kier alpha value is 0.430. The van der Waals surface area contributed by atoms with E-state index in [1.807, 2.05) is 0 Å². The molecule has 1 saturated carbocycles. The Balaban J connectivity index is 1.95. The van der Waals surface area contributed by atoms with E-state index in [0.717, 1.165) is 0 Å². The normalized spacial score (nSPS) is 51.4. The summed E-state index contributed by atoms with van der Waals surface area (Å²) in [6.07, 6.45) is 6.22. The van der Waals surface area contributed by atoms with Crippen LogP contribution >= 0.6 is 8.58 Å². The van der Waals surface area contributed by atoms with Gasteiger partial charge in [-0.05, 0) is 24.2 Å². The van der Waals surface area contributed by atoms with Gasteiger partial charge in [-0.2, -0.15) is 0 Å². The molecule has 0 N–H and O–H groups in total. The van der Waals surface area contributed by atoms with Gasteiger partial charge < -0.3 is 0 Å². The summed E-state index contributed by atoms with van der Waals surface area (Å²) in [5.74, 6) is 0. The monoisotopic (exact) mass is 114 g/mol. The third-order valence-corrected chi connectivity index (χ3v) is 3.94. The molecule has 0 nitrogen and oxygen atoms in total. The molecule has 0 bridgehead atoms. The SMILES string of the molecule is C1CCC2PC2C1. The molecule has 0 spiro atoms. The van der Waals surface area contributed by atoms with Crippen molar-refractivity contribution < 1.29 is 0 Å². The molecule has 1 heterocycles. The Morgan fingerprint density at radius 2 is 1.57 bits per heavy atom. The second-order valence-electron chi connectivity index (χ2n) is 2.66. The van der Waals surface area contributed by atoms with Gasteiger partial charge in [-0.3, -0.25) is 0 Å².